The minimum atomic E-state index is -0.982. The number of likely N-dealkylation sites (N-methyl/N-ethyl adjacent to an activating group) is 1. The van der Waals surface area contributed by atoms with Crippen molar-refractivity contribution in [2.75, 3.05) is 19.3 Å². The first kappa shape index (κ1) is 15.8. The maximum Gasteiger partial charge on any atom is 0.327 e. The third kappa shape index (κ3) is 3.86. The van der Waals surface area contributed by atoms with Crippen molar-refractivity contribution < 1.29 is 19.5 Å². The van der Waals surface area contributed by atoms with Crippen molar-refractivity contribution >= 4 is 29.5 Å². The Morgan fingerprint density at radius 1 is 1.42 bits per heavy atom. The third-order valence-corrected chi connectivity index (χ3v) is 4.47. The zero-order chi connectivity index (χ0) is 14.6. The van der Waals surface area contributed by atoms with Gasteiger partial charge < -0.3 is 14.9 Å². The fraction of sp³-hybridized carbons (Fsp3) is 0.750. The molecule has 7 heteroatoms. The second-order valence-electron chi connectivity index (χ2n) is 4.61. The van der Waals surface area contributed by atoms with E-state index in [0.717, 1.165) is 12.8 Å². The molecule has 0 aromatic rings. The molecule has 19 heavy (non-hydrogen) atoms. The Morgan fingerprint density at radius 3 is 2.53 bits per heavy atom. The number of carbonyl (C=O) groups is 3. The average Bonchev–Trinajstić information content (AvgIpc) is 2.73. The highest BCUT2D eigenvalue weighted by atomic mass is 32.2. The van der Waals surface area contributed by atoms with E-state index in [1.807, 2.05) is 6.92 Å². The summed E-state index contributed by atoms with van der Waals surface area (Å²) >= 11 is 1.50. The molecule has 1 heterocycles. The van der Waals surface area contributed by atoms with Gasteiger partial charge in [-0.2, -0.15) is 0 Å². The molecule has 1 N–H and O–H groups in total. The van der Waals surface area contributed by atoms with Gasteiger partial charge in [-0.15, -0.1) is 11.8 Å². The molecule has 6 nitrogen and oxygen atoms in total. The van der Waals surface area contributed by atoms with E-state index < -0.39 is 12.0 Å². The van der Waals surface area contributed by atoms with Gasteiger partial charge in [0.15, 0.2) is 0 Å². The van der Waals surface area contributed by atoms with Gasteiger partial charge in [0.05, 0.1) is 11.9 Å². The van der Waals surface area contributed by atoms with E-state index in [1.54, 1.807) is 0 Å². The van der Waals surface area contributed by atoms with E-state index in [-0.39, 0.29) is 23.7 Å². The molecule has 1 saturated heterocycles. The topological polar surface area (TPSA) is 77.9 Å². The van der Waals surface area contributed by atoms with E-state index in [4.69, 9.17) is 0 Å². The summed E-state index contributed by atoms with van der Waals surface area (Å²) in [6.07, 6.45) is 1.65. The molecule has 1 rings (SSSR count). The lowest BCUT2D eigenvalue weighted by Gasteiger charge is -2.29. The van der Waals surface area contributed by atoms with Crippen molar-refractivity contribution in [1.29, 1.82) is 0 Å². The van der Waals surface area contributed by atoms with Gasteiger partial charge in [-0.25, -0.2) is 4.79 Å². The van der Waals surface area contributed by atoms with Crippen molar-refractivity contribution in [1.82, 2.24) is 9.80 Å². The number of hydrogen-bond donors (Lipinski definition) is 1. The number of amides is 2. The quantitative estimate of drug-likeness (QED) is 0.802. The lowest BCUT2D eigenvalue weighted by molar-refractivity contribution is -0.150. The molecule has 0 aliphatic carbocycles. The van der Waals surface area contributed by atoms with Gasteiger partial charge in [0.1, 0.15) is 6.04 Å². The summed E-state index contributed by atoms with van der Waals surface area (Å²) < 4.78 is 0. The highest BCUT2D eigenvalue weighted by Crippen LogP contribution is 2.32. The molecule has 0 saturated carbocycles. The Labute approximate surface area is 117 Å². The predicted molar refractivity (Wildman–Crippen MR) is 72.7 cm³/mol. The molecule has 0 bridgehead atoms. The second kappa shape index (κ2) is 6.79. The van der Waals surface area contributed by atoms with E-state index in [2.05, 4.69) is 0 Å². The van der Waals surface area contributed by atoms with Crippen LogP contribution in [0.2, 0.25) is 0 Å². The summed E-state index contributed by atoms with van der Waals surface area (Å²) in [7, 11) is 1.54. The van der Waals surface area contributed by atoms with Crippen molar-refractivity contribution in [2.24, 2.45) is 0 Å². The van der Waals surface area contributed by atoms with Crippen LogP contribution in [0.3, 0.4) is 0 Å². The standard InChI is InChI=1S/C12H20N2O4S/c1-4-5-11-14(9(7-19-11)12(17)18)10(16)6-13(3)8(2)15/h9,11H,4-7H2,1-3H3,(H,17,18). The number of hydrogen-bond acceptors (Lipinski definition) is 4. The van der Waals surface area contributed by atoms with Gasteiger partial charge in [0, 0.05) is 19.7 Å². The van der Waals surface area contributed by atoms with Gasteiger partial charge >= 0.3 is 5.97 Å². The Hall–Kier alpha value is -1.24. The molecule has 0 radical (unpaired) electrons. The fourth-order valence-electron chi connectivity index (χ4n) is 1.95. The summed E-state index contributed by atoms with van der Waals surface area (Å²) in [5.74, 6) is -1.08. The predicted octanol–water partition coefficient (Wildman–Crippen LogP) is 0.619. The summed E-state index contributed by atoms with van der Waals surface area (Å²) in [6, 6.07) is -0.783. The smallest absolute Gasteiger partial charge is 0.327 e. The average molecular weight is 288 g/mol. The number of thioether (sulfide) groups is 1. The number of rotatable bonds is 5. The van der Waals surface area contributed by atoms with Crippen LogP contribution in [-0.2, 0) is 14.4 Å². The summed E-state index contributed by atoms with van der Waals surface area (Å²) in [6.45, 7) is 3.31. The first-order valence-corrected chi connectivity index (χ1v) is 7.30. The molecule has 0 aromatic heterocycles. The number of carboxylic acids is 1. The van der Waals surface area contributed by atoms with Gasteiger partial charge in [-0.1, -0.05) is 13.3 Å². The number of carbonyl (C=O) groups excluding carboxylic acids is 2. The second-order valence-corrected chi connectivity index (χ2v) is 5.82. The van der Waals surface area contributed by atoms with Gasteiger partial charge in [-0.05, 0) is 6.42 Å². The van der Waals surface area contributed by atoms with Crippen LogP contribution in [0.15, 0.2) is 0 Å². The molecule has 0 aromatic carbocycles. The van der Waals surface area contributed by atoms with Crippen LogP contribution < -0.4 is 0 Å². The lowest BCUT2D eigenvalue weighted by atomic mass is 10.2. The summed E-state index contributed by atoms with van der Waals surface area (Å²) in [5.41, 5.74) is 0. The normalized spacial score (nSPS) is 22.4. The van der Waals surface area contributed by atoms with Crippen LogP contribution in [-0.4, -0.2) is 63.5 Å². The van der Waals surface area contributed by atoms with Crippen LogP contribution in [0.4, 0.5) is 0 Å². The van der Waals surface area contributed by atoms with E-state index >= 15 is 0 Å². The molecule has 1 aliphatic rings. The highest BCUT2D eigenvalue weighted by Gasteiger charge is 2.41. The Balaban J connectivity index is 2.80. The Morgan fingerprint density at radius 2 is 2.05 bits per heavy atom. The first-order valence-electron chi connectivity index (χ1n) is 6.25. The molecule has 2 unspecified atom stereocenters. The van der Waals surface area contributed by atoms with Gasteiger partial charge in [0.2, 0.25) is 11.8 Å². The maximum absolute atomic E-state index is 12.2. The van der Waals surface area contributed by atoms with Crippen molar-refractivity contribution in [2.45, 2.75) is 38.1 Å². The zero-order valence-electron chi connectivity index (χ0n) is 11.5. The molecule has 1 fully saturated rings. The molecular formula is C12H20N2O4S. The zero-order valence-corrected chi connectivity index (χ0v) is 12.3. The molecule has 2 amide bonds. The van der Waals surface area contributed by atoms with Crippen molar-refractivity contribution in [3.05, 3.63) is 0 Å². The highest BCUT2D eigenvalue weighted by molar-refractivity contribution is 8.00. The largest absolute Gasteiger partial charge is 0.480 e. The third-order valence-electron chi connectivity index (χ3n) is 3.11. The fourth-order valence-corrected chi connectivity index (χ4v) is 3.49. The number of aliphatic carboxylic acids is 1. The molecule has 2 atom stereocenters. The van der Waals surface area contributed by atoms with Crippen LogP contribution in [0, 0.1) is 0 Å². The lowest BCUT2D eigenvalue weighted by Crippen LogP contribution is -2.49. The SMILES string of the molecule is CCCC1SCC(C(=O)O)N1C(=O)CN(C)C(C)=O. The first-order chi connectivity index (χ1) is 8.88. The molecule has 0 spiro atoms. The monoisotopic (exact) mass is 288 g/mol. The summed E-state index contributed by atoms with van der Waals surface area (Å²) in [4.78, 5) is 37.3. The number of carboxylic acid groups (broad SMARTS) is 1. The molecule has 1 aliphatic heterocycles. The number of nitrogens with zero attached hydrogens (tertiary/aromatic N) is 2. The summed E-state index contributed by atoms with van der Waals surface area (Å²) in [5, 5.41) is 9.08. The van der Waals surface area contributed by atoms with E-state index in [1.165, 1.54) is 35.5 Å². The van der Waals surface area contributed by atoms with Crippen LogP contribution in [0.25, 0.3) is 0 Å². The van der Waals surface area contributed by atoms with Crippen molar-refractivity contribution in [3.63, 3.8) is 0 Å². The van der Waals surface area contributed by atoms with Gasteiger partial charge in [-0.3, -0.25) is 9.59 Å². The van der Waals surface area contributed by atoms with Gasteiger partial charge in [0.25, 0.3) is 0 Å². The molecule has 108 valence electrons. The molecular weight excluding hydrogens is 268 g/mol. The van der Waals surface area contributed by atoms with E-state index in [0.29, 0.717) is 5.75 Å². The van der Waals surface area contributed by atoms with E-state index in [9.17, 15) is 19.5 Å². The van der Waals surface area contributed by atoms with Crippen molar-refractivity contribution in [3.8, 4) is 0 Å². The van der Waals surface area contributed by atoms with Crippen LogP contribution in [0.1, 0.15) is 26.7 Å². The van der Waals surface area contributed by atoms with Crippen LogP contribution >= 0.6 is 11.8 Å². The van der Waals surface area contributed by atoms with Crippen LogP contribution in [0.5, 0.6) is 0 Å². The minimum absolute atomic E-state index is 0.0696. The Bertz CT molecular complexity index is 375. The minimum Gasteiger partial charge on any atom is -0.480 e. The Kier molecular flexibility index (Phi) is 5.65. The maximum atomic E-state index is 12.2.